The summed E-state index contributed by atoms with van der Waals surface area (Å²) in [6, 6.07) is 17.2. The van der Waals surface area contributed by atoms with Crippen molar-refractivity contribution in [2.45, 2.75) is 26.1 Å². The minimum Gasteiger partial charge on any atom is -0.312 e. The summed E-state index contributed by atoms with van der Waals surface area (Å²) in [5.74, 6) is 0. The van der Waals surface area contributed by atoms with Gasteiger partial charge in [-0.25, -0.2) is 0 Å². The molecular weight excluding hydrogens is 232 g/mol. The van der Waals surface area contributed by atoms with Gasteiger partial charge in [0.25, 0.3) is 0 Å². The first-order valence-corrected chi connectivity index (χ1v) is 6.98. The summed E-state index contributed by atoms with van der Waals surface area (Å²) in [5.41, 5.74) is 5.89. The molecule has 0 aliphatic carbocycles. The number of rotatable bonds is 0. The van der Waals surface area contributed by atoms with Crippen molar-refractivity contribution >= 4 is 0 Å². The van der Waals surface area contributed by atoms with Gasteiger partial charge >= 0.3 is 0 Å². The molecule has 2 aliphatic heterocycles. The second-order valence-electron chi connectivity index (χ2n) is 5.07. The molecule has 2 aromatic rings. The van der Waals surface area contributed by atoms with Gasteiger partial charge in [0.1, 0.15) is 0 Å². The van der Waals surface area contributed by atoms with Crippen LogP contribution in [0.3, 0.4) is 0 Å². The van der Waals surface area contributed by atoms with E-state index in [4.69, 9.17) is 0 Å². The Bertz CT molecular complexity index is 500. The van der Waals surface area contributed by atoms with Crippen molar-refractivity contribution in [1.82, 2.24) is 10.6 Å². The number of fused-ring (bicyclic) bond motifs is 2. The molecule has 0 amide bonds. The van der Waals surface area contributed by atoms with Crippen LogP contribution in [0.1, 0.15) is 22.3 Å². The predicted molar refractivity (Wildman–Crippen MR) is 78.8 cm³/mol. The van der Waals surface area contributed by atoms with E-state index in [1.807, 2.05) is 0 Å². The summed E-state index contributed by atoms with van der Waals surface area (Å²) < 4.78 is 0. The Labute approximate surface area is 114 Å². The van der Waals surface area contributed by atoms with E-state index >= 15 is 0 Å². The Kier molecular flexibility index (Phi) is 3.92. The lowest BCUT2D eigenvalue weighted by atomic mass is 10.0. The summed E-state index contributed by atoms with van der Waals surface area (Å²) in [6.07, 6.45) is 1.19. The molecule has 98 valence electrons. The van der Waals surface area contributed by atoms with Crippen LogP contribution in [0, 0.1) is 0 Å². The molecule has 2 N–H and O–H groups in total. The Hall–Kier alpha value is -1.64. The molecule has 0 spiro atoms. The molecule has 0 unspecified atom stereocenters. The number of hydrogen-bond acceptors (Lipinski definition) is 2. The molecule has 0 atom stereocenters. The monoisotopic (exact) mass is 252 g/mol. The van der Waals surface area contributed by atoms with Crippen molar-refractivity contribution in [3.05, 3.63) is 70.8 Å². The van der Waals surface area contributed by atoms with Gasteiger partial charge in [-0.1, -0.05) is 48.5 Å². The molecule has 0 fully saturated rings. The van der Waals surface area contributed by atoms with E-state index < -0.39 is 0 Å². The molecule has 2 aromatic carbocycles. The normalized spacial score (nSPS) is 16.0. The van der Waals surface area contributed by atoms with Crippen molar-refractivity contribution in [3.8, 4) is 0 Å². The van der Waals surface area contributed by atoms with Gasteiger partial charge in [-0.2, -0.15) is 0 Å². The first-order valence-electron chi connectivity index (χ1n) is 6.98. The standard InChI is InChI=1S/C9H11N.C8H9N/c1-2-4-9-7-10-6-5-8(9)3-1;1-2-4-8-6-9-5-7(8)3-1/h1-4,10H,5-7H2;1-4,9H,5-6H2. The third kappa shape index (κ3) is 3.03. The van der Waals surface area contributed by atoms with Crippen molar-refractivity contribution in [2.24, 2.45) is 0 Å². The van der Waals surface area contributed by atoms with Crippen molar-refractivity contribution in [2.75, 3.05) is 6.54 Å². The van der Waals surface area contributed by atoms with Gasteiger partial charge in [0.05, 0.1) is 0 Å². The highest BCUT2D eigenvalue weighted by atomic mass is 14.9. The van der Waals surface area contributed by atoms with Crippen LogP contribution in [0.2, 0.25) is 0 Å². The maximum atomic E-state index is 3.34. The van der Waals surface area contributed by atoms with Crippen LogP contribution in [0.4, 0.5) is 0 Å². The SMILES string of the molecule is c1ccc2c(c1)CCNC2.c1ccc2c(c1)CNC2. The van der Waals surface area contributed by atoms with Gasteiger partial charge in [-0.15, -0.1) is 0 Å². The molecule has 0 bridgehead atoms. The van der Waals surface area contributed by atoms with E-state index in [2.05, 4.69) is 59.2 Å². The zero-order valence-electron chi connectivity index (χ0n) is 11.2. The molecule has 2 nitrogen and oxygen atoms in total. The lowest BCUT2D eigenvalue weighted by Gasteiger charge is -2.15. The molecule has 0 radical (unpaired) electrons. The quantitative estimate of drug-likeness (QED) is 0.753. The maximum Gasteiger partial charge on any atom is 0.0211 e. The Morgan fingerprint density at radius 3 is 1.63 bits per heavy atom. The summed E-state index contributed by atoms with van der Waals surface area (Å²) in [5, 5.41) is 6.63. The average Bonchev–Trinajstić information content (AvgIpc) is 2.96. The average molecular weight is 252 g/mol. The minimum absolute atomic E-state index is 1.05. The Morgan fingerprint density at radius 1 is 0.579 bits per heavy atom. The molecule has 2 aliphatic rings. The van der Waals surface area contributed by atoms with E-state index in [0.717, 1.165) is 26.2 Å². The van der Waals surface area contributed by atoms with Crippen LogP contribution >= 0.6 is 0 Å². The fraction of sp³-hybridized carbons (Fsp3) is 0.294. The topological polar surface area (TPSA) is 24.1 Å². The molecule has 2 heterocycles. The summed E-state index contributed by atoms with van der Waals surface area (Å²) in [7, 11) is 0. The highest BCUT2D eigenvalue weighted by molar-refractivity contribution is 5.30. The van der Waals surface area contributed by atoms with Crippen LogP contribution in [0.5, 0.6) is 0 Å². The minimum atomic E-state index is 1.05. The highest BCUT2D eigenvalue weighted by Crippen LogP contribution is 2.13. The van der Waals surface area contributed by atoms with E-state index in [1.54, 1.807) is 0 Å². The zero-order chi connectivity index (χ0) is 12.9. The predicted octanol–water partition coefficient (Wildman–Crippen LogP) is 2.62. The van der Waals surface area contributed by atoms with Crippen LogP contribution in [0.15, 0.2) is 48.5 Å². The summed E-state index contributed by atoms with van der Waals surface area (Å²) in [4.78, 5) is 0. The third-order valence-corrected chi connectivity index (χ3v) is 3.75. The van der Waals surface area contributed by atoms with E-state index in [1.165, 1.54) is 28.7 Å². The molecule has 0 aromatic heterocycles. The molecular formula is C17H20N2. The third-order valence-electron chi connectivity index (χ3n) is 3.75. The van der Waals surface area contributed by atoms with Crippen molar-refractivity contribution < 1.29 is 0 Å². The largest absolute Gasteiger partial charge is 0.312 e. The number of benzene rings is 2. The molecule has 4 rings (SSSR count). The molecule has 0 saturated heterocycles. The van der Waals surface area contributed by atoms with Gasteiger partial charge in [0, 0.05) is 19.6 Å². The molecule has 19 heavy (non-hydrogen) atoms. The Balaban J connectivity index is 0.000000117. The zero-order valence-corrected chi connectivity index (χ0v) is 11.2. The van der Waals surface area contributed by atoms with Gasteiger partial charge in [0.2, 0.25) is 0 Å². The second-order valence-corrected chi connectivity index (χ2v) is 5.07. The summed E-state index contributed by atoms with van der Waals surface area (Å²) in [6.45, 7) is 4.29. The fourth-order valence-corrected chi connectivity index (χ4v) is 2.65. The molecule has 0 saturated carbocycles. The Morgan fingerprint density at radius 2 is 1.05 bits per heavy atom. The van der Waals surface area contributed by atoms with Gasteiger partial charge in [-0.3, -0.25) is 0 Å². The van der Waals surface area contributed by atoms with E-state index in [0.29, 0.717) is 0 Å². The van der Waals surface area contributed by atoms with Gasteiger partial charge in [0.15, 0.2) is 0 Å². The van der Waals surface area contributed by atoms with Crippen LogP contribution in [-0.2, 0) is 26.1 Å². The van der Waals surface area contributed by atoms with E-state index in [9.17, 15) is 0 Å². The van der Waals surface area contributed by atoms with Crippen molar-refractivity contribution in [1.29, 1.82) is 0 Å². The lowest BCUT2D eigenvalue weighted by molar-refractivity contribution is 0.644. The lowest BCUT2D eigenvalue weighted by Crippen LogP contribution is -2.23. The number of nitrogens with one attached hydrogen (secondary N) is 2. The van der Waals surface area contributed by atoms with Crippen LogP contribution in [-0.4, -0.2) is 6.54 Å². The fourth-order valence-electron chi connectivity index (χ4n) is 2.65. The second kappa shape index (κ2) is 6.00. The van der Waals surface area contributed by atoms with Crippen LogP contribution < -0.4 is 10.6 Å². The first kappa shape index (κ1) is 12.4. The smallest absolute Gasteiger partial charge is 0.0211 e. The maximum absolute atomic E-state index is 3.34. The number of hydrogen-bond donors (Lipinski definition) is 2. The highest BCUT2D eigenvalue weighted by Gasteiger charge is 2.06. The van der Waals surface area contributed by atoms with Crippen molar-refractivity contribution in [3.63, 3.8) is 0 Å². The van der Waals surface area contributed by atoms with E-state index in [-0.39, 0.29) is 0 Å². The molecule has 2 heteroatoms. The van der Waals surface area contributed by atoms with Gasteiger partial charge < -0.3 is 10.6 Å². The van der Waals surface area contributed by atoms with Crippen LogP contribution in [0.25, 0.3) is 0 Å². The first-order chi connectivity index (χ1) is 9.43. The summed E-state index contributed by atoms with van der Waals surface area (Å²) >= 11 is 0. The van der Waals surface area contributed by atoms with Gasteiger partial charge in [-0.05, 0) is 35.2 Å².